The lowest BCUT2D eigenvalue weighted by Gasteiger charge is -2.36. The highest BCUT2D eigenvalue weighted by atomic mass is 16.5. The van der Waals surface area contributed by atoms with Crippen molar-refractivity contribution in [2.45, 2.75) is 49.6 Å². The quantitative estimate of drug-likeness (QED) is 0.583. The molecule has 1 saturated carbocycles. The number of nitrogens with one attached hydrogen (secondary N) is 1. The van der Waals surface area contributed by atoms with Crippen LogP contribution in [0.5, 0.6) is 5.75 Å². The summed E-state index contributed by atoms with van der Waals surface area (Å²) in [4.78, 5) is 29.0. The molecule has 2 aromatic carbocycles. The summed E-state index contributed by atoms with van der Waals surface area (Å²) in [5, 5.41) is 3.79. The van der Waals surface area contributed by atoms with Crippen LogP contribution in [0.25, 0.3) is 0 Å². The van der Waals surface area contributed by atoms with E-state index in [-0.39, 0.29) is 29.8 Å². The maximum atomic E-state index is 13.9. The average molecular weight is 402 g/mol. The third-order valence-corrected chi connectivity index (χ3v) is 7.83. The van der Waals surface area contributed by atoms with Gasteiger partial charge in [-0.15, -0.1) is 0 Å². The van der Waals surface area contributed by atoms with E-state index in [1.54, 1.807) is 4.90 Å². The second-order valence-electron chi connectivity index (χ2n) is 9.22. The van der Waals surface area contributed by atoms with Gasteiger partial charge in [0.2, 0.25) is 0 Å². The van der Waals surface area contributed by atoms with Crippen LogP contribution in [-0.4, -0.2) is 25.0 Å². The van der Waals surface area contributed by atoms with Gasteiger partial charge in [-0.2, -0.15) is 0 Å². The molecule has 0 radical (unpaired) electrons. The summed E-state index contributed by atoms with van der Waals surface area (Å²) in [5.74, 6) is 0.190. The first-order valence-electron chi connectivity index (χ1n) is 11.1. The number of nitrogens with zero attached hydrogens (tertiary/aromatic N) is 1. The molecule has 4 atom stereocenters. The SMILES string of the molecule is CN1C(=O)[C@]2(N[C@H](C3CCCCC3)[C@H]3C(=O)Oc4ccccc4[C@H]32)c2ccccc21. The van der Waals surface area contributed by atoms with E-state index in [1.165, 1.54) is 19.3 Å². The van der Waals surface area contributed by atoms with Gasteiger partial charge in [0.05, 0.1) is 5.92 Å². The van der Waals surface area contributed by atoms with Crippen molar-refractivity contribution in [1.82, 2.24) is 5.32 Å². The highest BCUT2D eigenvalue weighted by molar-refractivity contribution is 6.09. The molecule has 6 rings (SSSR count). The van der Waals surface area contributed by atoms with Crippen LogP contribution in [0.4, 0.5) is 5.69 Å². The van der Waals surface area contributed by atoms with Crippen LogP contribution in [0.2, 0.25) is 0 Å². The summed E-state index contributed by atoms with van der Waals surface area (Å²) in [6.45, 7) is 0. The van der Waals surface area contributed by atoms with Crippen molar-refractivity contribution in [2.24, 2.45) is 11.8 Å². The predicted octanol–water partition coefficient (Wildman–Crippen LogP) is 3.73. The number of ether oxygens (including phenoxy) is 1. The highest BCUT2D eigenvalue weighted by Gasteiger charge is 2.67. The second-order valence-corrected chi connectivity index (χ2v) is 9.22. The van der Waals surface area contributed by atoms with Gasteiger partial charge in [-0.25, -0.2) is 0 Å². The number of benzene rings is 2. The molecule has 0 bridgehead atoms. The Kier molecular flexibility index (Phi) is 3.88. The Morgan fingerprint density at radius 2 is 1.73 bits per heavy atom. The van der Waals surface area contributed by atoms with Gasteiger partial charge in [0.25, 0.3) is 5.91 Å². The first-order chi connectivity index (χ1) is 14.6. The lowest BCUT2D eigenvalue weighted by atomic mass is 9.68. The van der Waals surface area contributed by atoms with Crippen molar-refractivity contribution in [2.75, 3.05) is 11.9 Å². The van der Waals surface area contributed by atoms with E-state index in [1.807, 2.05) is 55.6 Å². The van der Waals surface area contributed by atoms with Gasteiger partial charge in [0.1, 0.15) is 11.3 Å². The molecule has 2 fully saturated rings. The summed E-state index contributed by atoms with van der Waals surface area (Å²) in [6.07, 6.45) is 5.81. The van der Waals surface area contributed by atoms with Crippen molar-refractivity contribution >= 4 is 17.6 Å². The van der Waals surface area contributed by atoms with E-state index in [2.05, 4.69) is 5.32 Å². The van der Waals surface area contributed by atoms with Crippen LogP contribution in [0.1, 0.15) is 49.1 Å². The van der Waals surface area contributed by atoms with Gasteiger partial charge in [-0.3, -0.25) is 14.9 Å². The van der Waals surface area contributed by atoms with Crippen LogP contribution in [0, 0.1) is 11.8 Å². The molecular weight excluding hydrogens is 376 g/mol. The topological polar surface area (TPSA) is 58.6 Å². The molecule has 4 aliphatic rings. The van der Waals surface area contributed by atoms with E-state index >= 15 is 0 Å². The van der Waals surface area contributed by atoms with E-state index in [9.17, 15) is 9.59 Å². The van der Waals surface area contributed by atoms with E-state index in [0.29, 0.717) is 11.7 Å². The first kappa shape index (κ1) is 18.1. The molecule has 3 heterocycles. The number of carbonyl (C=O) groups excluding carboxylic acids is 2. The third-order valence-electron chi connectivity index (χ3n) is 7.83. The fourth-order valence-corrected chi connectivity index (χ4v) is 6.57. The second kappa shape index (κ2) is 6.42. The van der Waals surface area contributed by atoms with E-state index < -0.39 is 5.54 Å². The van der Waals surface area contributed by atoms with Crippen molar-refractivity contribution in [1.29, 1.82) is 0 Å². The molecule has 5 heteroatoms. The zero-order valence-corrected chi connectivity index (χ0v) is 17.1. The molecule has 1 N–H and O–H groups in total. The van der Waals surface area contributed by atoms with Crippen molar-refractivity contribution in [3.8, 4) is 5.75 Å². The van der Waals surface area contributed by atoms with Crippen LogP contribution in [-0.2, 0) is 15.1 Å². The number of hydrogen-bond donors (Lipinski definition) is 1. The molecule has 0 unspecified atom stereocenters. The number of amides is 1. The maximum absolute atomic E-state index is 13.9. The standard InChI is InChI=1S/C25H26N2O3/c1-27-18-13-7-6-12-17(18)25(24(27)29)21-16-11-5-8-14-19(16)30-23(28)20(21)22(26-25)15-9-3-2-4-10-15/h5-8,11-15,20-22,26H,2-4,9-10H2,1H3/t20-,21+,22+,25-/m0/s1. The molecule has 1 spiro atoms. The molecule has 1 amide bonds. The zero-order valence-electron chi connectivity index (χ0n) is 17.1. The molecule has 2 aromatic rings. The molecule has 30 heavy (non-hydrogen) atoms. The van der Waals surface area contributed by atoms with Gasteiger partial charge >= 0.3 is 5.97 Å². The van der Waals surface area contributed by atoms with Crippen LogP contribution < -0.4 is 15.0 Å². The first-order valence-corrected chi connectivity index (χ1v) is 11.1. The van der Waals surface area contributed by atoms with E-state index in [0.717, 1.165) is 29.7 Å². The van der Waals surface area contributed by atoms with Gasteiger partial charge in [-0.1, -0.05) is 55.7 Å². The largest absolute Gasteiger partial charge is 0.426 e. The van der Waals surface area contributed by atoms with Crippen LogP contribution in [0.3, 0.4) is 0 Å². The van der Waals surface area contributed by atoms with Gasteiger partial charge in [-0.05, 0) is 30.9 Å². The number of anilines is 1. The molecule has 3 aliphatic heterocycles. The highest BCUT2D eigenvalue weighted by Crippen LogP contribution is 2.59. The molecular formula is C25H26N2O3. The average Bonchev–Trinajstić information content (AvgIpc) is 3.26. The number of para-hydroxylation sites is 2. The lowest BCUT2D eigenvalue weighted by molar-refractivity contribution is -0.142. The van der Waals surface area contributed by atoms with Crippen molar-refractivity contribution < 1.29 is 14.3 Å². The molecule has 1 saturated heterocycles. The van der Waals surface area contributed by atoms with Crippen LogP contribution in [0.15, 0.2) is 48.5 Å². The Balaban J connectivity index is 1.59. The van der Waals surface area contributed by atoms with Gasteiger partial charge in [0, 0.05) is 35.8 Å². The van der Waals surface area contributed by atoms with Gasteiger partial charge < -0.3 is 9.64 Å². The Bertz CT molecular complexity index is 1040. The summed E-state index contributed by atoms with van der Waals surface area (Å²) < 4.78 is 5.82. The van der Waals surface area contributed by atoms with Gasteiger partial charge in [0.15, 0.2) is 0 Å². The third kappa shape index (κ3) is 2.21. The number of fused-ring (bicyclic) bond motifs is 6. The molecule has 1 aliphatic carbocycles. The lowest BCUT2D eigenvalue weighted by Crippen LogP contribution is -2.52. The Morgan fingerprint density at radius 3 is 2.57 bits per heavy atom. The predicted molar refractivity (Wildman–Crippen MR) is 113 cm³/mol. The Hall–Kier alpha value is -2.66. The fourth-order valence-electron chi connectivity index (χ4n) is 6.57. The number of likely N-dealkylation sites (N-methyl/N-ethyl adjacent to an activating group) is 1. The van der Waals surface area contributed by atoms with Crippen molar-refractivity contribution in [3.05, 3.63) is 59.7 Å². The van der Waals surface area contributed by atoms with Crippen molar-refractivity contribution in [3.63, 3.8) is 0 Å². The fraction of sp³-hybridized carbons (Fsp3) is 0.440. The molecule has 0 aromatic heterocycles. The summed E-state index contributed by atoms with van der Waals surface area (Å²) >= 11 is 0. The Labute approximate surface area is 176 Å². The zero-order chi connectivity index (χ0) is 20.5. The molecule has 5 nitrogen and oxygen atoms in total. The minimum atomic E-state index is -0.923. The smallest absolute Gasteiger partial charge is 0.316 e. The maximum Gasteiger partial charge on any atom is 0.316 e. The number of esters is 1. The number of rotatable bonds is 1. The van der Waals surface area contributed by atoms with E-state index in [4.69, 9.17) is 4.74 Å². The minimum Gasteiger partial charge on any atom is -0.426 e. The summed E-state index contributed by atoms with van der Waals surface area (Å²) in [6, 6.07) is 15.7. The van der Waals surface area contributed by atoms with Crippen LogP contribution >= 0.6 is 0 Å². The Morgan fingerprint density at radius 1 is 1.00 bits per heavy atom. The molecule has 154 valence electrons. The number of carbonyl (C=O) groups is 2. The minimum absolute atomic E-state index is 0.0292. The number of hydrogen-bond acceptors (Lipinski definition) is 4. The normalized spacial score (nSPS) is 32.7. The monoisotopic (exact) mass is 402 g/mol. The summed E-state index contributed by atoms with van der Waals surface area (Å²) in [5.41, 5.74) is 1.95. The summed E-state index contributed by atoms with van der Waals surface area (Å²) in [7, 11) is 1.84.